The summed E-state index contributed by atoms with van der Waals surface area (Å²) in [6.07, 6.45) is -2.45. The van der Waals surface area contributed by atoms with Gasteiger partial charge in [0, 0.05) is 17.7 Å². The van der Waals surface area contributed by atoms with Gasteiger partial charge in [0.25, 0.3) is 0 Å². The predicted molar refractivity (Wildman–Crippen MR) is 134 cm³/mol. The summed E-state index contributed by atoms with van der Waals surface area (Å²) in [6, 6.07) is 16.3. The van der Waals surface area contributed by atoms with Crippen molar-refractivity contribution in [3.05, 3.63) is 89.0 Å². The van der Waals surface area contributed by atoms with Crippen LogP contribution in [0.15, 0.2) is 60.7 Å². The van der Waals surface area contributed by atoms with Gasteiger partial charge in [0.15, 0.2) is 11.6 Å². The van der Waals surface area contributed by atoms with Crippen LogP contribution in [0.3, 0.4) is 0 Å². The number of ether oxygens (including phenoxy) is 2. The molecule has 3 rings (SSSR count). The number of halogens is 2. The summed E-state index contributed by atoms with van der Waals surface area (Å²) in [6.45, 7) is 8.52. The van der Waals surface area contributed by atoms with Crippen molar-refractivity contribution >= 4 is 5.97 Å². The summed E-state index contributed by atoms with van der Waals surface area (Å²) in [5, 5.41) is 18.9. The molecule has 0 radical (unpaired) electrons. The van der Waals surface area contributed by atoms with Crippen LogP contribution >= 0.6 is 0 Å². The molecule has 0 fully saturated rings. The average Bonchev–Trinajstić information content (AvgIpc) is 2.81. The Morgan fingerprint density at radius 2 is 1.69 bits per heavy atom. The van der Waals surface area contributed by atoms with Crippen molar-refractivity contribution in [3.8, 4) is 16.9 Å². The second-order valence-electron chi connectivity index (χ2n) is 9.66. The minimum Gasteiger partial charge on any atom is -0.486 e. The molecule has 0 saturated carbocycles. The quantitative estimate of drug-likeness (QED) is 0.320. The van der Waals surface area contributed by atoms with Crippen LogP contribution in [0, 0.1) is 17.0 Å². The summed E-state index contributed by atoms with van der Waals surface area (Å²) in [5.41, 5.74) is 2.23. The van der Waals surface area contributed by atoms with Gasteiger partial charge in [-0.1, -0.05) is 63.2 Å². The molecule has 0 aliphatic carbocycles. The molecule has 0 aliphatic rings. The molecule has 0 spiro atoms. The van der Waals surface area contributed by atoms with Gasteiger partial charge in [-0.2, -0.15) is 0 Å². The number of aliphatic hydroxyl groups excluding tert-OH is 1. The lowest BCUT2D eigenvalue weighted by Crippen LogP contribution is -2.22. The number of carbonyl (C=O) groups is 1. The Labute approximate surface area is 210 Å². The van der Waals surface area contributed by atoms with Crippen molar-refractivity contribution < 1.29 is 33.3 Å². The zero-order chi connectivity index (χ0) is 26.5. The summed E-state index contributed by atoms with van der Waals surface area (Å²) < 4.78 is 41.5. The van der Waals surface area contributed by atoms with Crippen LogP contribution in [0.2, 0.25) is 0 Å². The van der Waals surface area contributed by atoms with Crippen LogP contribution in [0.5, 0.6) is 5.75 Å². The lowest BCUT2D eigenvalue weighted by Gasteiger charge is -2.32. The van der Waals surface area contributed by atoms with Crippen molar-refractivity contribution in [2.24, 2.45) is 5.41 Å². The molecule has 0 aliphatic heterocycles. The minimum atomic E-state index is -1.49. The van der Waals surface area contributed by atoms with Crippen molar-refractivity contribution in [1.29, 1.82) is 0 Å². The third kappa shape index (κ3) is 6.47. The van der Waals surface area contributed by atoms with Gasteiger partial charge in [-0.15, -0.1) is 0 Å². The van der Waals surface area contributed by atoms with E-state index in [9.17, 15) is 18.7 Å². The van der Waals surface area contributed by atoms with E-state index in [4.69, 9.17) is 14.6 Å². The van der Waals surface area contributed by atoms with Crippen molar-refractivity contribution in [2.75, 3.05) is 6.61 Å². The minimum absolute atomic E-state index is 0.00292. The second-order valence-corrected chi connectivity index (χ2v) is 9.66. The highest BCUT2D eigenvalue weighted by atomic mass is 19.1. The molecule has 2 N–H and O–H groups in total. The first-order valence-electron chi connectivity index (χ1n) is 11.8. The van der Waals surface area contributed by atoms with E-state index in [2.05, 4.69) is 0 Å². The summed E-state index contributed by atoms with van der Waals surface area (Å²) in [5.74, 6) is -2.49. The molecule has 3 aromatic carbocycles. The average molecular weight is 499 g/mol. The fourth-order valence-electron chi connectivity index (χ4n) is 4.15. The van der Waals surface area contributed by atoms with Crippen LogP contribution < -0.4 is 4.74 Å². The maximum atomic E-state index is 14.9. The molecule has 5 nitrogen and oxygen atoms in total. The molecule has 0 aromatic heterocycles. The largest absolute Gasteiger partial charge is 0.486 e. The Balaban J connectivity index is 1.97. The van der Waals surface area contributed by atoms with E-state index < -0.39 is 24.3 Å². The van der Waals surface area contributed by atoms with Gasteiger partial charge in [-0.05, 0) is 47.2 Å². The number of rotatable bonds is 10. The highest BCUT2D eigenvalue weighted by Gasteiger charge is 2.30. The molecule has 7 heteroatoms. The number of carboxylic acids is 1. The zero-order valence-corrected chi connectivity index (χ0v) is 20.9. The number of benzene rings is 3. The van der Waals surface area contributed by atoms with E-state index in [1.807, 2.05) is 39.8 Å². The fraction of sp³-hybridized carbons (Fsp3) is 0.345. The number of aliphatic hydroxyl groups is 1. The Morgan fingerprint density at radius 3 is 2.33 bits per heavy atom. The normalized spacial score (nSPS) is 13.3. The summed E-state index contributed by atoms with van der Waals surface area (Å²) in [4.78, 5) is 10.9. The van der Waals surface area contributed by atoms with Gasteiger partial charge in [-0.3, -0.25) is 4.79 Å². The van der Waals surface area contributed by atoms with E-state index in [0.29, 0.717) is 17.7 Å². The van der Waals surface area contributed by atoms with E-state index in [0.717, 1.165) is 11.1 Å². The van der Waals surface area contributed by atoms with Gasteiger partial charge in [0.05, 0.1) is 18.6 Å². The molecule has 2 atom stereocenters. The van der Waals surface area contributed by atoms with Crippen LogP contribution in [0.4, 0.5) is 8.78 Å². The van der Waals surface area contributed by atoms with Crippen molar-refractivity contribution in [3.63, 3.8) is 0 Å². The summed E-state index contributed by atoms with van der Waals surface area (Å²) >= 11 is 0. The van der Waals surface area contributed by atoms with Gasteiger partial charge in [0.1, 0.15) is 12.4 Å². The van der Waals surface area contributed by atoms with Crippen molar-refractivity contribution in [1.82, 2.24) is 0 Å². The third-order valence-electron chi connectivity index (χ3n) is 5.80. The molecular formula is C29H32F2O5. The SMILES string of the molecule is CCO[C@H](c1cc(COc2cccc([C@H](O)CC(=O)O)c2F)ccc1-c1ccccc1F)C(C)(C)C. The fourth-order valence-corrected chi connectivity index (χ4v) is 4.15. The number of aliphatic carboxylic acids is 1. The molecule has 0 unspecified atom stereocenters. The van der Waals surface area contributed by atoms with Crippen LogP contribution in [0.25, 0.3) is 11.1 Å². The van der Waals surface area contributed by atoms with E-state index >= 15 is 0 Å². The lowest BCUT2D eigenvalue weighted by molar-refractivity contribution is -0.139. The van der Waals surface area contributed by atoms with Crippen LogP contribution in [-0.2, 0) is 16.1 Å². The van der Waals surface area contributed by atoms with Gasteiger partial charge in [-0.25, -0.2) is 8.78 Å². The molecule has 192 valence electrons. The molecule has 0 heterocycles. The molecule has 0 saturated heterocycles. The van der Waals surface area contributed by atoms with Crippen LogP contribution in [-0.4, -0.2) is 22.8 Å². The lowest BCUT2D eigenvalue weighted by atomic mass is 9.81. The smallest absolute Gasteiger partial charge is 0.306 e. The maximum absolute atomic E-state index is 14.9. The molecular weight excluding hydrogens is 466 g/mol. The first kappa shape index (κ1) is 27.3. The predicted octanol–water partition coefficient (Wildman–Crippen LogP) is 6.84. The van der Waals surface area contributed by atoms with Gasteiger partial charge >= 0.3 is 5.97 Å². The summed E-state index contributed by atoms with van der Waals surface area (Å²) in [7, 11) is 0. The Hall–Kier alpha value is -3.29. The highest BCUT2D eigenvalue weighted by Crippen LogP contribution is 2.42. The maximum Gasteiger partial charge on any atom is 0.306 e. The van der Waals surface area contributed by atoms with E-state index in [1.165, 1.54) is 24.3 Å². The Kier molecular flexibility index (Phi) is 8.82. The number of hydrogen-bond acceptors (Lipinski definition) is 4. The van der Waals surface area contributed by atoms with Gasteiger partial charge < -0.3 is 19.7 Å². The van der Waals surface area contributed by atoms with Crippen LogP contribution in [0.1, 0.15) is 63.0 Å². The topological polar surface area (TPSA) is 76.0 Å². The third-order valence-corrected chi connectivity index (χ3v) is 5.80. The molecule has 0 amide bonds. The van der Waals surface area contributed by atoms with Crippen molar-refractivity contribution in [2.45, 2.75) is 52.9 Å². The van der Waals surface area contributed by atoms with E-state index in [1.54, 1.807) is 24.3 Å². The monoisotopic (exact) mass is 498 g/mol. The zero-order valence-electron chi connectivity index (χ0n) is 20.9. The Bertz CT molecular complexity index is 1200. The first-order chi connectivity index (χ1) is 17.0. The number of hydrogen-bond donors (Lipinski definition) is 2. The molecule has 0 bridgehead atoms. The molecule has 3 aromatic rings. The van der Waals surface area contributed by atoms with E-state index in [-0.39, 0.29) is 35.3 Å². The molecule has 36 heavy (non-hydrogen) atoms. The van der Waals surface area contributed by atoms with Gasteiger partial charge in [0.2, 0.25) is 0 Å². The number of carboxylic acid groups (broad SMARTS) is 1. The first-order valence-corrected chi connectivity index (χ1v) is 11.8. The Morgan fingerprint density at radius 1 is 0.972 bits per heavy atom. The second kappa shape index (κ2) is 11.6. The standard InChI is InChI=1S/C29H32F2O5/c1-5-35-28(29(2,3)4)22-15-18(13-14-19(22)20-9-6-7-11-23(20)30)17-36-25-12-8-10-21(27(25)31)24(32)16-26(33)34/h6-15,24,28,32H,5,16-17H2,1-4H3,(H,33,34)/t24-,28-/m1/s1. The highest BCUT2D eigenvalue weighted by molar-refractivity contribution is 5.69.